The summed E-state index contributed by atoms with van der Waals surface area (Å²) in [5, 5.41) is 1.86. The van der Waals surface area contributed by atoms with Crippen LogP contribution in [0.3, 0.4) is 0 Å². The average Bonchev–Trinajstić information content (AvgIpc) is 3.00. The second kappa shape index (κ2) is 7.71. The van der Waals surface area contributed by atoms with Gasteiger partial charge in [-0.05, 0) is 39.7 Å². The van der Waals surface area contributed by atoms with Crippen molar-refractivity contribution in [3.8, 4) is 11.8 Å². The second-order valence-corrected chi connectivity index (χ2v) is 7.61. The van der Waals surface area contributed by atoms with E-state index in [1.807, 2.05) is 26.2 Å². The van der Waals surface area contributed by atoms with E-state index in [1.165, 1.54) is 18.4 Å². The summed E-state index contributed by atoms with van der Waals surface area (Å²) in [5.74, 6) is 6.28. The van der Waals surface area contributed by atoms with Crippen molar-refractivity contribution in [2.75, 3.05) is 20.2 Å². The van der Waals surface area contributed by atoms with E-state index in [9.17, 15) is 9.59 Å². The number of rotatable bonds is 1. The van der Waals surface area contributed by atoms with E-state index in [-0.39, 0.29) is 18.0 Å². The van der Waals surface area contributed by atoms with Gasteiger partial charge in [-0.15, -0.1) is 11.3 Å². The lowest BCUT2D eigenvalue weighted by Crippen LogP contribution is -2.41. The lowest BCUT2D eigenvalue weighted by Gasteiger charge is -2.31. The fourth-order valence-corrected chi connectivity index (χ4v) is 3.08. The number of amides is 1. The minimum absolute atomic E-state index is 0.255. The van der Waals surface area contributed by atoms with Gasteiger partial charge >= 0.3 is 12.1 Å². The molecule has 24 heavy (non-hydrogen) atoms. The maximum Gasteiger partial charge on any atom is 0.410 e. The molecule has 1 saturated heterocycles. The van der Waals surface area contributed by atoms with Crippen molar-refractivity contribution in [1.29, 1.82) is 0 Å². The molecule has 1 aliphatic heterocycles. The first-order valence-electron chi connectivity index (χ1n) is 7.95. The highest BCUT2D eigenvalue weighted by molar-refractivity contribution is 7.12. The van der Waals surface area contributed by atoms with Crippen molar-refractivity contribution in [3.63, 3.8) is 0 Å². The summed E-state index contributed by atoms with van der Waals surface area (Å²) in [6.45, 7) is 6.92. The highest BCUT2D eigenvalue weighted by Crippen LogP contribution is 2.20. The van der Waals surface area contributed by atoms with Gasteiger partial charge in [-0.25, -0.2) is 9.59 Å². The number of thiophene rings is 1. The highest BCUT2D eigenvalue weighted by atomic mass is 32.1. The Balaban J connectivity index is 1.86. The van der Waals surface area contributed by atoms with Gasteiger partial charge in [0.05, 0.1) is 7.11 Å². The summed E-state index contributed by atoms with van der Waals surface area (Å²) in [6.07, 6.45) is 1.41. The maximum absolute atomic E-state index is 12.0. The summed E-state index contributed by atoms with van der Waals surface area (Å²) in [5.41, 5.74) is 0.360. The van der Waals surface area contributed by atoms with Crippen molar-refractivity contribution in [2.24, 2.45) is 5.92 Å². The monoisotopic (exact) mass is 349 g/mol. The largest absolute Gasteiger partial charge is 0.465 e. The number of likely N-dealkylation sites (tertiary alicyclic amines) is 1. The van der Waals surface area contributed by atoms with Crippen molar-refractivity contribution >= 4 is 23.4 Å². The molecule has 0 unspecified atom stereocenters. The van der Waals surface area contributed by atoms with Crippen LogP contribution in [0.25, 0.3) is 0 Å². The van der Waals surface area contributed by atoms with Crippen LogP contribution in [0.15, 0.2) is 11.4 Å². The molecule has 1 fully saturated rings. The molecule has 0 atom stereocenters. The van der Waals surface area contributed by atoms with Crippen molar-refractivity contribution in [2.45, 2.75) is 39.2 Å². The lowest BCUT2D eigenvalue weighted by atomic mass is 9.97. The van der Waals surface area contributed by atoms with E-state index >= 15 is 0 Å². The number of carbonyl (C=O) groups is 2. The number of ether oxygens (including phenoxy) is 2. The van der Waals surface area contributed by atoms with Gasteiger partial charge in [-0.1, -0.05) is 11.8 Å². The molecule has 1 aromatic rings. The van der Waals surface area contributed by atoms with Crippen molar-refractivity contribution in [3.05, 3.63) is 21.9 Å². The molecule has 2 rings (SSSR count). The Morgan fingerprint density at radius 1 is 1.29 bits per heavy atom. The maximum atomic E-state index is 12.0. The summed E-state index contributed by atoms with van der Waals surface area (Å²) in [4.78, 5) is 25.7. The number of hydrogen-bond donors (Lipinski definition) is 0. The van der Waals surface area contributed by atoms with Crippen LogP contribution in [0.5, 0.6) is 0 Å². The Morgan fingerprint density at radius 3 is 2.54 bits per heavy atom. The van der Waals surface area contributed by atoms with E-state index in [4.69, 9.17) is 4.74 Å². The van der Waals surface area contributed by atoms with Crippen LogP contribution in [-0.2, 0) is 9.47 Å². The highest BCUT2D eigenvalue weighted by Gasteiger charge is 2.26. The first kappa shape index (κ1) is 18.3. The number of carbonyl (C=O) groups excluding carboxylic acids is 2. The predicted octanol–water partition coefficient (Wildman–Crippen LogP) is 3.53. The quantitative estimate of drug-likeness (QED) is 0.575. The van der Waals surface area contributed by atoms with E-state index < -0.39 is 5.60 Å². The predicted molar refractivity (Wildman–Crippen MR) is 93.1 cm³/mol. The zero-order valence-corrected chi connectivity index (χ0v) is 15.4. The van der Waals surface area contributed by atoms with Crippen LogP contribution in [0.4, 0.5) is 4.79 Å². The summed E-state index contributed by atoms with van der Waals surface area (Å²) in [6, 6.07) is 1.75. The first-order valence-corrected chi connectivity index (χ1v) is 8.83. The third-order valence-corrected chi connectivity index (χ3v) is 4.46. The Labute approximate surface area is 146 Å². The molecule has 5 nitrogen and oxygen atoms in total. The van der Waals surface area contributed by atoms with Gasteiger partial charge in [0, 0.05) is 30.0 Å². The zero-order chi connectivity index (χ0) is 17.7. The minimum atomic E-state index is -0.468. The molecule has 0 bridgehead atoms. The zero-order valence-electron chi connectivity index (χ0n) is 14.5. The van der Waals surface area contributed by atoms with E-state index in [2.05, 4.69) is 16.6 Å². The summed E-state index contributed by atoms with van der Waals surface area (Å²) < 4.78 is 10.1. The van der Waals surface area contributed by atoms with Gasteiger partial charge in [0.25, 0.3) is 0 Å². The van der Waals surface area contributed by atoms with Gasteiger partial charge in [0.15, 0.2) is 0 Å². The molecule has 1 amide bonds. The Hall–Kier alpha value is -2.00. The van der Waals surface area contributed by atoms with Crippen molar-refractivity contribution < 1.29 is 19.1 Å². The molecule has 1 aliphatic rings. The molecule has 0 N–H and O–H groups in total. The van der Waals surface area contributed by atoms with Crippen LogP contribution < -0.4 is 0 Å². The van der Waals surface area contributed by atoms with Crippen LogP contribution >= 0.6 is 11.3 Å². The van der Waals surface area contributed by atoms with Gasteiger partial charge in [-0.3, -0.25) is 0 Å². The molecule has 130 valence electrons. The second-order valence-electron chi connectivity index (χ2n) is 6.70. The summed E-state index contributed by atoms with van der Waals surface area (Å²) >= 11 is 1.33. The molecule has 0 aliphatic carbocycles. The first-order chi connectivity index (χ1) is 11.3. The molecule has 0 spiro atoms. The normalized spacial score (nSPS) is 15.4. The molecule has 0 saturated carbocycles. The molecular weight excluding hydrogens is 326 g/mol. The average molecular weight is 349 g/mol. The topological polar surface area (TPSA) is 55.8 Å². The molecule has 1 aromatic heterocycles. The standard InChI is InChI=1S/C18H23NO4S/c1-18(2,3)23-17(21)19-9-7-13(8-10-19)5-6-14-11-15(24-12-14)16(20)22-4/h11-13H,7-10H2,1-4H3. The fourth-order valence-electron chi connectivity index (χ4n) is 2.33. The lowest BCUT2D eigenvalue weighted by molar-refractivity contribution is 0.0199. The number of hydrogen-bond acceptors (Lipinski definition) is 5. The number of piperidine rings is 1. The third-order valence-electron chi connectivity index (χ3n) is 3.55. The molecule has 0 radical (unpaired) electrons. The van der Waals surface area contributed by atoms with E-state index in [0.29, 0.717) is 18.0 Å². The van der Waals surface area contributed by atoms with Gasteiger partial charge in [0.1, 0.15) is 10.5 Å². The Bertz CT molecular complexity index is 655. The molecule has 2 heterocycles. The SMILES string of the molecule is COC(=O)c1cc(C#CC2CCN(C(=O)OC(C)(C)C)CC2)cs1. The van der Waals surface area contributed by atoms with Crippen molar-refractivity contribution in [1.82, 2.24) is 4.90 Å². The van der Waals surface area contributed by atoms with Gasteiger partial charge < -0.3 is 14.4 Å². The van der Waals surface area contributed by atoms with Crippen LogP contribution in [0.1, 0.15) is 48.8 Å². The third kappa shape index (κ3) is 5.27. The Morgan fingerprint density at radius 2 is 1.96 bits per heavy atom. The number of methoxy groups -OCH3 is 1. The molecular formula is C18H23NO4S. The van der Waals surface area contributed by atoms with Crippen LogP contribution in [-0.4, -0.2) is 42.8 Å². The van der Waals surface area contributed by atoms with Crippen LogP contribution in [0.2, 0.25) is 0 Å². The minimum Gasteiger partial charge on any atom is -0.465 e. The molecule has 0 aromatic carbocycles. The number of nitrogens with zero attached hydrogens (tertiary/aromatic N) is 1. The summed E-state index contributed by atoms with van der Waals surface area (Å²) in [7, 11) is 1.37. The number of esters is 1. The fraction of sp³-hybridized carbons (Fsp3) is 0.556. The van der Waals surface area contributed by atoms with Gasteiger partial charge in [0.2, 0.25) is 0 Å². The van der Waals surface area contributed by atoms with E-state index in [0.717, 1.165) is 18.4 Å². The Kier molecular flexibility index (Phi) is 5.89. The smallest absolute Gasteiger partial charge is 0.410 e. The van der Waals surface area contributed by atoms with Gasteiger partial charge in [-0.2, -0.15) is 0 Å². The molecule has 6 heteroatoms. The van der Waals surface area contributed by atoms with Crippen LogP contribution in [0, 0.1) is 17.8 Å². The van der Waals surface area contributed by atoms with E-state index in [1.54, 1.807) is 11.0 Å².